The fourth-order valence-electron chi connectivity index (χ4n) is 1.18. The summed E-state index contributed by atoms with van der Waals surface area (Å²) in [6.07, 6.45) is 0.788. The molecule has 0 aliphatic carbocycles. The minimum absolute atomic E-state index is 0.00190. The Morgan fingerprint density at radius 3 is 2.73 bits per heavy atom. The van der Waals surface area contributed by atoms with Crippen LogP contribution in [-0.2, 0) is 11.2 Å². The van der Waals surface area contributed by atoms with Gasteiger partial charge >= 0.3 is 0 Å². The minimum Gasteiger partial charge on any atom is -0.300 e. The van der Waals surface area contributed by atoms with E-state index in [0.29, 0.717) is 23.4 Å². The van der Waals surface area contributed by atoms with Gasteiger partial charge in [0.1, 0.15) is 5.78 Å². The maximum absolute atomic E-state index is 10.8. The summed E-state index contributed by atoms with van der Waals surface area (Å²) in [4.78, 5) is 20.8. The van der Waals surface area contributed by atoms with Crippen LogP contribution in [0.25, 0.3) is 0 Å². The fourth-order valence-corrected chi connectivity index (χ4v) is 1.39. The van der Waals surface area contributed by atoms with E-state index in [0.717, 1.165) is 0 Å². The number of aryl methyl sites for hydroxylation is 1. The summed E-state index contributed by atoms with van der Waals surface area (Å²) >= 11 is 5.85. The first kappa shape index (κ1) is 11.7. The SMILES string of the molecule is CC(=O)CCc1cc([N+](=O)[O-])ccc1Cl. The zero-order valence-electron chi connectivity index (χ0n) is 8.20. The number of halogens is 1. The molecule has 0 radical (unpaired) electrons. The van der Waals surface area contributed by atoms with Gasteiger partial charge in [-0.2, -0.15) is 0 Å². The minimum atomic E-state index is -0.479. The van der Waals surface area contributed by atoms with Crippen molar-refractivity contribution in [2.75, 3.05) is 0 Å². The van der Waals surface area contributed by atoms with E-state index in [1.807, 2.05) is 0 Å². The van der Waals surface area contributed by atoms with Crippen LogP contribution in [0, 0.1) is 10.1 Å². The van der Waals surface area contributed by atoms with Gasteiger partial charge in [-0.3, -0.25) is 10.1 Å². The van der Waals surface area contributed by atoms with E-state index < -0.39 is 4.92 Å². The molecule has 0 spiro atoms. The largest absolute Gasteiger partial charge is 0.300 e. The molecule has 0 unspecified atom stereocenters. The molecule has 0 aromatic heterocycles. The van der Waals surface area contributed by atoms with Crippen LogP contribution in [0.4, 0.5) is 5.69 Å². The molecule has 0 atom stereocenters. The average Bonchev–Trinajstić information content (AvgIpc) is 2.16. The highest BCUT2D eigenvalue weighted by Crippen LogP contribution is 2.23. The molecule has 0 bridgehead atoms. The highest BCUT2D eigenvalue weighted by molar-refractivity contribution is 6.31. The third-order valence-corrected chi connectivity index (χ3v) is 2.36. The maximum atomic E-state index is 10.8. The summed E-state index contributed by atoms with van der Waals surface area (Å²) in [7, 11) is 0. The highest BCUT2D eigenvalue weighted by atomic mass is 35.5. The molecular formula is C10H10ClNO3. The summed E-state index contributed by atoms with van der Waals surface area (Å²) in [6, 6.07) is 4.24. The van der Waals surface area contributed by atoms with Crippen molar-refractivity contribution in [3.8, 4) is 0 Å². The third kappa shape index (κ3) is 3.32. The van der Waals surface area contributed by atoms with Crippen LogP contribution in [0.3, 0.4) is 0 Å². The Labute approximate surface area is 92.0 Å². The predicted molar refractivity (Wildman–Crippen MR) is 57.1 cm³/mol. The van der Waals surface area contributed by atoms with E-state index in [1.165, 1.54) is 25.1 Å². The monoisotopic (exact) mass is 227 g/mol. The number of Topliss-reactive ketones (excluding diaryl/α,β-unsaturated/α-hetero) is 1. The van der Waals surface area contributed by atoms with Crippen molar-refractivity contribution in [2.45, 2.75) is 19.8 Å². The predicted octanol–water partition coefficient (Wildman–Crippen LogP) is 2.77. The number of benzene rings is 1. The quantitative estimate of drug-likeness (QED) is 0.587. The molecule has 80 valence electrons. The van der Waals surface area contributed by atoms with Gasteiger partial charge in [-0.1, -0.05) is 11.6 Å². The summed E-state index contributed by atoms with van der Waals surface area (Å²) in [5.74, 6) is 0.0394. The van der Waals surface area contributed by atoms with E-state index in [2.05, 4.69) is 0 Å². The van der Waals surface area contributed by atoms with Gasteiger partial charge in [0.15, 0.2) is 0 Å². The Bertz CT molecular complexity index is 404. The smallest absolute Gasteiger partial charge is 0.269 e. The lowest BCUT2D eigenvalue weighted by Crippen LogP contribution is -1.96. The molecule has 1 rings (SSSR count). The molecule has 0 saturated heterocycles. The number of rotatable bonds is 4. The van der Waals surface area contributed by atoms with Crippen LogP contribution in [0.2, 0.25) is 5.02 Å². The van der Waals surface area contributed by atoms with Crippen molar-refractivity contribution in [1.29, 1.82) is 0 Å². The highest BCUT2D eigenvalue weighted by Gasteiger charge is 2.09. The molecule has 0 heterocycles. The zero-order chi connectivity index (χ0) is 11.4. The van der Waals surface area contributed by atoms with Gasteiger partial charge in [-0.15, -0.1) is 0 Å². The second-order valence-electron chi connectivity index (χ2n) is 3.23. The van der Waals surface area contributed by atoms with Crippen molar-refractivity contribution in [3.05, 3.63) is 38.9 Å². The first-order valence-corrected chi connectivity index (χ1v) is 4.80. The lowest BCUT2D eigenvalue weighted by Gasteiger charge is -2.02. The first-order chi connectivity index (χ1) is 7.00. The molecule has 0 aliphatic rings. The average molecular weight is 228 g/mol. The molecule has 0 saturated carbocycles. The Hall–Kier alpha value is -1.42. The number of nitro benzene ring substituents is 1. The van der Waals surface area contributed by atoms with Crippen LogP contribution in [0.5, 0.6) is 0 Å². The molecule has 0 aliphatic heterocycles. The number of hydrogen-bond donors (Lipinski definition) is 0. The molecule has 4 nitrogen and oxygen atoms in total. The number of hydrogen-bond acceptors (Lipinski definition) is 3. The number of ketones is 1. The first-order valence-electron chi connectivity index (χ1n) is 4.43. The molecule has 1 aromatic carbocycles. The van der Waals surface area contributed by atoms with Gasteiger partial charge in [-0.05, 0) is 25.0 Å². The van der Waals surface area contributed by atoms with Crippen LogP contribution in [0.15, 0.2) is 18.2 Å². The van der Waals surface area contributed by atoms with E-state index in [9.17, 15) is 14.9 Å². The number of carbonyl (C=O) groups is 1. The standard InChI is InChI=1S/C10H10ClNO3/c1-7(13)2-3-8-6-9(12(14)15)4-5-10(8)11/h4-6H,2-3H2,1H3. The molecule has 1 aromatic rings. The van der Waals surface area contributed by atoms with Gasteiger partial charge in [0.25, 0.3) is 5.69 Å². The second-order valence-corrected chi connectivity index (χ2v) is 3.64. The Balaban J connectivity index is 2.90. The number of carbonyl (C=O) groups excluding carboxylic acids is 1. The summed E-state index contributed by atoms with van der Waals surface area (Å²) in [5.41, 5.74) is 0.638. The van der Waals surface area contributed by atoms with Gasteiger partial charge in [-0.25, -0.2) is 0 Å². The van der Waals surface area contributed by atoms with Gasteiger partial charge in [0.05, 0.1) is 4.92 Å². The van der Waals surface area contributed by atoms with E-state index in [4.69, 9.17) is 11.6 Å². The van der Waals surface area contributed by atoms with Crippen molar-refractivity contribution in [2.24, 2.45) is 0 Å². The van der Waals surface area contributed by atoms with E-state index in [-0.39, 0.29) is 11.5 Å². The van der Waals surface area contributed by atoms with Crippen LogP contribution >= 0.6 is 11.6 Å². The van der Waals surface area contributed by atoms with Gasteiger partial charge in [0.2, 0.25) is 0 Å². The summed E-state index contributed by atoms with van der Waals surface area (Å²) in [6.45, 7) is 1.48. The normalized spacial score (nSPS) is 10.0. The topological polar surface area (TPSA) is 60.2 Å². The zero-order valence-corrected chi connectivity index (χ0v) is 8.95. The lowest BCUT2D eigenvalue weighted by atomic mass is 10.1. The maximum Gasteiger partial charge on any atom is 0.269 e. The van der Waals surface area contributed by atoms with Crippen LogP contribution in [0.1, 0.15) is 18.9 Å². The summed E-state index contributed by atoms with van der Waals surface area (Å²) < 4.78 is 0. The van der Waals surface area contributed by atoms with Crippen LogP contribution < -0.4 is 0 Å². The Morgan fingerprint density at radius 1 is 1.53 bits per heavy atom. The molecular weight excluding hydrogens is 218 g/mol. The third-order valence-electron chi connectivity index (χ3n) is 1.99. The number of nitrogens with zero attached hydrogens (tertiary/aromatic N) is 1. The molecule has 15 heavy (non-hydrogen) atoms. The fraction of sp³-hybridized carbons (Fsp3) is 0.300. The summed E-state index contributed by atoms with van der Waals surface area (Å²) in [5, 5.41) is 11.0. The van der Waals surface area contributed by atoms with Gasteiger partial charge in [0, 0.05) is 23.6 Å². The number of nitro groups is 1. The van der Waals surface area contributed by atoms with Crippen molar-refractivity contribution in [3.63, 3.8) is 0 Å². The molecule has 5 heteroatoms. The van der Waals surface area contributed by atoms with Gasteiger partial charge < -0.3 is 4.79 Å². The van der Waals surface area contributed by atoms with Crippen molar-refractivity contribution in [1.82, 2.24) is 0 Å². The van der Waals surface area contributed by atoms with E-state index >= 15 is 0 Å². The Kier molecular flexibility index (Phi) is 3.80. The van der Waals surface area contributed by atoms with E-state index in [1.54, 1.807) is 0 Å². The van der Waals surface area contributed by atoms with Crippen molar-refractivity contribution >= 4 is 23.1 Å². The molecule has 0 fully saturated rings. The Morgan fingerprint density at radius 2 is 2.20 bits per heavy atom. The molecule has 0 N–H and O–H groups in total. The van der Waals surface area contributed by atoms with Crippen LogP contribution in [-0.4, -0.2) is 10.7 Å². The number of non-ortho nitro benzene ring substituents is 1. The molecule has 0 amide bonds. The van der Waals surface area contributed by atoms with Crippen molar-refractivity contribution < 1.29 is 9.72 Å². The second kappa shape index (κ2) is 4.89. The lowest BCUT2D eigenvalue weighted by molar-refractivity contribution is -0.384.